The molecule has 3 aromatic rings. The first kappa shape index (κ1) is 21.6. The largest absolute Gasteiger partial charge is 0.311 e. The van der Waals surface area contributed by atoms with E-state index >= 15 is 0 Å². The molecule has 0 N–H and O–H groups in total. The lowest BCUT2D eigenvalue weighted by Crippen LogP contribution is -2.33. The molecule has 0 aliphatic heterocycles. The van der Waals surface area contributed by atoms with Crippen LogP contribution in [0.3, 0.4) is 0 Å². The highest BCUT2D eigenvalue weighted by Crippen LogP contribution is 2.25. The molecule has 1 aromatic heterocycles. The molecule has 3 rings (SSSR count). The molecule has 6 nitrogen and oxygen atoms in total. The van der Waals surface area contributed by atoms with Gasteiger partial charge in [0.2, 0.25) is 5.91 Å². The van der Waals surface area contributed by atoms with Crippen LogP contribution in [0.5, 0.6) is 0 Å². The molecule has 1 heterocycles. The van der Waals surface area contributed by atoms with Crippen molar-refractivity contribution >= 4 is 23.4 Å². The zero-order chi connectivity index (χ0) is 21.7. The fourth-order valence-corrected chi connectivity index (χ4v) is 3.84. The summed E-state index contributed by atoms with van der Waals surface area (Å²) in [5.41, 5.74) is 5.27. The average Bonchev–Trinajstić information content (AvgIpc) is 3.10. The number of carbonyl (C=O) groups is 1. The van der Waals surface area contributed by atoms with E-state index in [9.17, 15) is 4.79 Å². The van der Waals surface area contributed by atoms with E-state index in [0.717, 1.165) is 22.6 Å². The van der Waals surface area contributed by atoms with Crippen LogP contribution in [0.2, 0.25) is 0 Å². The van der Waals surface area contributed by atoms with Crippen LogP contribution in [0.1, 0.15) is 23.1 Å². The molecule has 0 saturated carbocycles. The minimum absolute atomic E-state index is 0.0570. The number of nitriles is 1. The number of aryl methyl sites for hydroxylation is 3. The lowest BCUT2D eigenvalue weighted by molar-refractivity contribution is -0.116. The zero-order valence-electron chi connectivity index (χ0n) is 17.7. The minimum atomic E-state index is -0.0570. The number of benzene rings is 2. The van der Waals surface area contributed by atoms with Gasteiger partial charge in [-0.25, -0.2) is 0 Å². The van der Waals surface area contributed by atoms with Crippen LogP contribution in [-0.2, 0) is 11.8 Å². The molecule has 2 aromatic carbocycles. The van der Waals surface area contributed by atoms with Crippen molar-refractivity contribution in [1.82, 2.24) is 14.8 Å². The second kappa shape index (κ2) is 9.59. The SMILES string of the molecule is Cc1ccc(-c2nnc(SCC(=O)N(CCC#N)c3ccc(C)c(C)c3)n2C)cc1. The summed E-state index contributed by atoms with van der Waals surface area (Å²) in [5.74, 6) is 0.928. The van der Waals surface area contributed by atoms with Crippen LogP contribution in [0.25, 0.3) is 11.4 Å². The molecule has 30 heavy (non-hydrogen) atoms. The Morgan fingerprint density at radius 1 is 1.10 bits per heavy atom. The van der Waals surface area contributed by atoms with E-state index in [-0.39, 0.29) is 18.1 Å². The summed E-state index contributed by atoms with van der Waals surface area (Å²) in [7, 11) is 1.90. The summed E-state index contributed by atoms with van der Waals surface area (Å²) in [5, 5.41) is 18.2. The molecule has 154 valence electrons. The molecular weight excluding hydrogens is 394 g/mol. The third-order valence-corrected chi connectivity index (χ3v) is 6.02. The van der Waals surface area contributed by atoms with E-state index in [1.807, 2.05) is 74.9 Å². The number of hydrogen-bond donors (Lipinski definition) is 0. The number of thioether (sulfide) groups is 1. The van der Waals surface area contributed by atoms with Crippen LogP contribution in [0.4, 0.5) is 5.69 Å². The van der Waals surface area contributed by atoms with Crippen molar-refractivity contribution in [2.75, 3.05) is 17.2 Å². The van der Waals surface area contributed by atoms with E-state index in [4.69, 9.17) is 5.26 Å². The summed E-state index contributed by atoms with van der Waals surface area (Å²) in [6.07, 6.45) is 0.283. The van der Waals surface area contributed by atoms with Crippen molar-refractivity contribution in [3.63, 3.8) is 0 Å². The van der Waals surface area contributed by atoms with E-state index in [1.54, 1.807) is 4.90 Å². The third kappa shape index (κ3) is 4.89. The maximum Gasteiger partial charge on any atom is 0.237 e. The predicted molar refractivity (Wildman–Crippen MR) is 120 cm³/mol. The molecule has 0 atom stereocenters. The number of amides is 1. The van der Waals surface area contributed by atoms with Gasteiger partial charge >= 0.3 is 0 Å². The molecule has 0 unspecified atom stereocenters. The Labute approximate surface area is 181 Å². The van der Waals surface area contributed by atoms with Crippen molar-refractivity contribution in [2.24, 2.45) is 7.05 Å². The molecule has 0 aliphatic carbocycles. The molecular formula is C23H25N5OS. The van der Waals surface area contributed by atoms with Gasteiger partial charge in [-0.3, -0.25) is 4.79 Å². The smallest absolute Gasteiger partial charge is 0.237 e. The molecule has 0 aliphatic rings. The van der Waals surface area contributed by atoms with Gasteiger partial charge in [-0.15, -0.1) is 10.2 Å². The summed E-state index contributed by atoms with van der Waals surface area (Å²) in [6.45, 7) is 6.47. The van der Waals surface area contributed by atoms with Gasteiger partial charge in [0.25, 0.3) is 0 Å². The van der Waals surface area contributed by atoms with Gasteiger partial charge in [-0.05, 0) is 44.0 Å². The Morgan fingerprint density at radius 3 is 2.50 bits per heavy atom. The van der Waals surface area contributed by atoms with Crippen molar-refractivity contribution in [2.45, 2.75) is 32.3 Å². The first-order valence-electron chi connectivity index (χ1n) is 9.74. The first-order chi connectivity index (χ1) is 14.4. The van der Waals surface area contributed by atoms with Crippen molar-refractivity contribution in [1.29, 1.82) is 5.26 Å². The Morgan fingerprint density at radius 2 is 1.83 bits per heavy atom. The van der Waals surface area contributed by atoms with Crippen molar-refractivity contribution in [3.8, 4) is 17.5 Å². The van der Waals surface area contributed by atoms with Gasteiger partial charge in [0.1, 0.15) is 0 Å². The number of rotatable bonds is 7. The van der Waals surface area contributed by atoms with E-state index < -0.39 is 0 Å². The molecule has 0 fully saturated rings. The molecule has 0 spiro atoms. The highest BCUT2D eigenvalue weighted by Gasteiger charge is 2.19. The van der Waals surface area contributed by atoms with E-state index in [0.29, 0.717) is 11.7 Å². The monoisotopic (exact) mass is 419 g/mol. The number of carbonyl (C=O) groups excluding carboxylic acids is 1. The fourth-order valence-electron chi connectivity index (χ4n) is 3.05. The van der Waals surface area contributed by atoms with Crippen LogP contribution < -0.4 is 4.90 Å². The normalized spacial score (nSPS) is 10.6. The second-order valence-electron chi connectivity index (χ2n) is 7.24. The van der Waals surface area contributed by atoms with Gasteiger partial charge in [0, 0.05) is 24.8 Å². The maximum absolute atomic E-state index is 13.0. The maximum atomic E-state index is 13.0. The van der Waals surface area contributed by atoms with Crippen molar-refractivity contribution in [3.05, 3.63) is 59.2 Å². The molecule has 0 bridgehead atoms. The topological polar surface area (TPSA) is 74.8 Å². The average molecular weight is 420 g/mol. The Bertz CT molecular complexity index is 1080. The third-order valence-electron chi connectivity index (χ3n) is 5.02. The Hall–Kier alpha value is -3.11. The highest BCUT2D eigenvalue weighted by atomic mass is 32.2. The summed E-state index contributed by atoms with van der Waals surface area (Å²) in [6, 6.07) is 16.2. The lowest BCUT2D eigenvalue weighted by atomic mass is 10.1. The highest BCUT2D eigenvalue weighted by molar-refractivity contribution is 7.99. The first-order valence-corrected chi connectivity index (χ1v) is 10.7. The minimum Gasteiger partial charge on any atom is -0.311 e. The second-order valence-corrected chi connectivity index (χ2v) is 8.18. The molecule has 0 radical (unpaired) electrons. The molecule has 7 heteroatoms. The lowest BCUT2D eigenvalue weighted by Gasteiger charge is -2.22. The van der Waals surface area contributed by atoms with Crippen LogP contribution in [0.15, 0.2) is 47.6 Å². The van der Waals surface area contributed by atoms with E-state index in [2.05, 4.69) is 16.3 Å². The summed E-state index contributed by atoms with van der Waals surface area (Å²) in [4.78, 5) is 14.7. The Balaban J connectivity index is 1.74. The van der Waals surface area contributed by atoms with Crippen LogP contribution in [0, 0.1) is 32.1 Å². The van der Waals surface area contributed by atoms with Gasteiger partial charge in [0.15, 0.2) is 11.0 Å². The standard InChI is InChI=1S/C23H25N5OS/c1-16-6-9-19(10-7-16)22-25-26-23(27(22)4)30-15-21(29)28(13-5-12-24)20-11-8-17(2)18(3)14-20/h6-11,14H,5,13,15H2,1-4H3. The number of hydrogen-bond acceptors (Lipinski definition) is 5. The van der Waals surface area contributed by atoms with Gasteiger partial charge in [-0.1, -0.05) is 47.7 Å². The predicted octanol–water partition coefficient (Wildman–Crippen LogP) is 4.45. The van der Waals surface area contributed by atoms with E-state index in [1.165, 1.54) is 22.9 Å². The van der Waals surface area contributed by atoms with Crippen molar-refractivity contribution < 1.29 is 4.79 Å². The number of anilines is 1. The number of nitrogens with zero attached hydrogens (tertiary/aromatic N) is 5. The summed E-state index contributed by atoms with van der Waals surface area (Å²) < 4.78 is 1.90. The summed E-state index contributed by atoms with van der Waals surface area (Å²) >= 11 is 1.35. The van der Waals surface area contributed by atoms with Gasteiger partial charge < -0.3 is 9.47 Å². The Kier molecular flexibility index (Phi) is 6.91. The van der Waals surface area contributed by atoms with Crippen LogP contribution in [-0.4, -0.2) is 33.0 Å². The fraction of sp³-hybridized carbons (Fsp3) is 0.304. The van der Waals surface area contributed by atoms with Gasteiger partial charge in [0.05, 0.1) is 18.2 Å². The molecule has 0 saturated heterocycles. The van der Waals surface area contributed by atoms with Crippen LogP contribution >= 0.6 is 11.8 Å². The molecule has 1 amide bonds. The number of aromatic nitrogens is 3. The zero-order valence-corrected chi connectivity index (χ0v) is 18.5. The quantitative estimate of drug-likeness (QED) is 0.529. The van der Waals surface area contributed by atoms with Gasteiger partial charge in [-0.2, -0.15) is 5.26 Å².